The average molecular weight is 331 g/mol. The van der Waals surface area contributed by atoms with Gasteiger partial charge in [0.25, 0.3) is 0 Å². The van der Waals surface area contributed by atoms with Crippen LogP contribution in [-0.4, -0.2) is 52.2 Å². The van der Waals surface area contributed by atoms with Crippen LogP contribution >= 0.6 is 0 Å². The number of primary amides is 1. The highest BCUT2D eigenvalue weighted by molar-refractivity contribution is 5.87. The first-order valence-corrected chi connectivity index (χ1v) is 7.61. The quantitative estimate of drug-likeness (QED) is 0.869. The number of nitrogens with zero attached hydrogens (tertiary/aromatic N) is 4. The predicted molar refractivity (Wildman–Crippen MR) is 85.5 cm³/mol. The molecule has 2 heterocycles. The van der Waals surface area contributed by atoms with E-state index in [1.54, 1.807) is 30.6 Å². The average Bonchev–Trinajstić information content (AvgIpc) is 3.08. The normalized spacial score (nSPS) is 17.8. The van der Waals surface area contributed by atoms with Gasteiger partial charge in [0.1, 0.15) is 18.4 Å². The molecule has 126 valence electrons. The van der Waals surface area contributed by atoms with Crippen LogP contribution in [0.25, 0.3) is 0 Å². The summed E-state index contributed by atoms with van der Waals surface area (Å²) in [5, 5.41) is 4.00. The van der Waals surface area contributed by atoms with E-state index in [0.29, 0.717) is 13.1 Å². The van der Waals surface area contributed by atoms with Crippen molar-refractivity contribution in [1.29, 1.82) is 0 Å². The minimum atomic E-state index is -0.730. The van der Waals surface area contributed by atoms with Crippen molar-refractivity contribution in [2.45, 2.75) is 12.6 Å². The molecular weight excluding hydrogens is 313 g/mol. The summed E-state index contributed by atoms with van der Waals surface area (Å²) in [6, 6.07) is 7.02. The number of hydrogen-bond acceptors (Lipinski definition) is 4. The van der Waals surface area contributed by atoms with Crippen molar-refractivity contribution in [2.75, 3.05) is 24.5 Å². The Kier molecular flexibility index (Phi) is 4.45. The largest absolute Gasteiger partial charge is 0.368 e. The molecule has 0 spiro atoms. The molecule has 8 heteroatoms. The lowest BCUT2D eigenvalue weighted by atomic mass is 10.1. The van der Waals surface area contributed by atoms with Crippen LogP contribution in [0.4, 0.5) is 10.1 Å². The zero-order valence-electron chi connectivity index (χ0n) is 13.0. The van der Waals surface area contributed by atoms with Gasteiger partial charge in [-0.05, 0) is 30.3 Å². The SMILES string of the molecule is NC(=O)C1CN(c2ccc(F)cc2)CCN1C(=O)Cn1cccn1. The number of rotatable bonds is 4. The van der Waals surface area contributed by atoms with Crippen molar-refractivity contribution in [1.82, 2.24) is 14.7 Å². The fraction of sp³-hybridized carbons (Fsp3) is 0.312. The summed E-state index contributed by atoms with van der Waals surface area (Å²) in [4.78, 5) is 27.7. The van der Waals surface area contributed by atoms with Crippen LogP contribution in [0.3, 0.4) is 0 Å². The number of halogens is 1. The van der Waals surface area contributed by atoms with Gasteiger partial charge in [-0.25, -0.2) is 4.39 Å². The summed E-state index contributed by atoms with van der Waals surface area (Å²) in [5.41, 5.74) is 6.28. The van der Waals surface area contributed by atoms with Crippen LogP contribution < -0.4 is 10.6 Å². The molecule has 1 aromatic carbocycles. The third kappa shape index (κ3) is 3.37. The summed E-state index contributed by atoms with van der Waals surface area (Å²) in [7, 11) is 0. The molecule has 24 heavy (non-hydrogen) atoms. The maximum absolute atomic E-state index is 13.1. The lowest BCUT2D eigenvalue weighted by Crippen LogP contribution is -2.60. The highest BCUT2D eigenvalue weighted by Gasteiger charge is 2.34. The van der Waals surface area contributed by atoms with Crippen LogP contribution in [0.15, 0.2) is 42.7 Å². The molecular formula is C16H18FN5O2. The Balaban J connectivity index is 1.72. The fourth-order valence-electron chi connectivity index (χ4n) is 2.83. The molecule has 0 saturated carbocycles. The summed E-state index contributed by atoms with van der Waals surface area (Å²) < 4.78 is 14.6. The predicted octanol–water partition coefficient (Wildman–Crippen LogP) is 0.225. The lowest BCUT2D eigenvalue weighted by Gasteiger charge is -2.41. The van der Waals surface area contributed by atoms with Gasteiger partial charge in [-0.1, -0.05) is 0 Å². The molecule has 0 radical (unpaired) electrons. The van der Waals surface area contributed by atoms with Gasteiger partial charge in [-0.2, -0.15) is 5.10 Å². The number of nitrogens with two attached hydrogens (primary N) is 1. The molecule has 1 aliphatic heterocycles. The van der Waals surface area contributed by atoms with Gasteiger partial charge in [0, 0.05) is 37.7 Å². The second-order valence-corrected chi connectivity index (χ2v) is 5.63. The number of hydrogen-bond donors (Lipinski definition) is 1. The van der Waals surface area contributed by atoms with Crippen molar-refractivity contribution in [2.24, 2.45) is 5.73 Å². The molecule has 1 fully saturated rings. The first kappa shape index (κ1) is 16.0. The molecule has 1 atom stereocenters. The van der Waals surface area contributed by atoms with Gasteiger partial charge in [-0.3, -0.25) is 14.3 Å². The number of amides is 2. The highest BCUT2D eigenvalue weighted by atomic mass is 19.1. The summed E-state index contributed by atoms with van der Waals surface area (Å²) in [5.74, 6) is -1.09. The minimum absolute atomic E-state index is 0.0628. The molecule has 2 amide bonds. The summed E-state index contributed by atoms with van der Waals surface area (Å²) in [6.45, 7) is 1.25. The van der Waals surface area contributed by atoms with Crippen LogP contribution in [0.2, 0.25) is 0 Å². The number of carbonyl (C=O) groups excluding carboxylic acids is 2. The van der Waals surface area contributed by atoms with E-state index in [1.807, 2.05) is 4.90 Å². The van der Waals surface area contributed by atoms with Gasteiger partial charge in [0.2, 0.25) is 11.8 Å². The van der Waals surface area contributed by atoms with E-state index in [4.69, 9.17) is 5.73 Å². The van der Waals surface area contributed by atoms with E-state index < -0.39 is 11.9 Å². The topological polar surface area (TPSA) is 84.5 Å². The standard InChI is InChI=1S/C16H18FN5O2/c17-12-2-4-13(5-3-12)20-8-9-22(14(10-20)16(18)24)15(23)11-21-7-1-6-19-21/h1-7,14H,8-11H2,(H2,18,24). The van der Waals surface area contributed by atoms with Gasteiger partial charge in [-0.15, -0.1) is 0 Å². The van der Waals surface area contributed by atoms with Gasteiger partial charge >= 0.3 is 0 Å². The molecule has 1 saturated heterocycles. The van der Waals surface area contributed by atoms with E-state index in [1.165, 1.54) is 21.7 Å². The summed E-state index contributed by atoms with van der Waals surface area (Å²) >= 11 is 0. The monoisotopic (exact) mass is 331 g/mol. The summed E-state index contributed by atoms with van der Waals surface area (Å²) in [6.07, 6.45) is 3.28. The number of piperazine rings is 1. The number of aromatic nitrogens is 2. The van der Waals surface area contributed by atoms with Crippen LogP contribution in [0.1, 0.15) is 0 Å². The third-order valence-electron chi connectivity index (χ3n) is 4.08. The van der Waals surface area contributed by atoms with Gasteiger partial charge in [0.05, 0.1) is 0 Å². The molecule has 7 nitrogen and oxygen atoms in total. The van der Waals surface area contributed by atoms with Crippen LogP contribution in [0.5, 0.6) is 0 Å². The Morgan fingerprint density at radius 2 is 2.00 bits per heavy atom. The van der Waals surface area contributed by atoms with E-state index in [2.05, 4.69) is 5.10 Å². The Morgan fingerprint density at radius 1 is 1.25 bits per heavy atom. The van der Waals surface area contributed by atoms with Crippen LogP contribution in [-0.2, 0) is 16.1 Å². The Bertz CT molecular complexity index is 717. The number of anilines is 1. The maximum atomic E-state index is 13.1. The molecule has 0 aliphatic carbocycles. The zero-order valence-corrected chi connectivity index (χ0v) is 13.0. The van der Waals surface area contributed by atoms with E-state index in [0.717, 1.165) is 5.69 Å². The van der Waals surface area contributed by atoms with Crippen LogP contribution in [0, 0.1) is 5.82 Å². The Morgan fingerprint density at radius 3 is 2.62 bits per heavy atom. The minimum Gasteiger partial charge on any atom is -0.368 e. The van der Waals surface area contributed by atoms with Gasteiger partial charge in [0.15, 0.2) is 0 Å². The van der Waals surface area contributed by atoms with E-state index in [9.17, 15) is 14.0 Å². The fourth-order valence-corrected chi connectivity index (χ4v) is 2.83. The van der Waals surface area contributed by atoms with Crippen molar-refractivity contribution in [3.05, 3.63) is 48.5 Å². The molecule has 3 rings (SSSR count). The first-order chi connectivity index (χ1) is 11.5. The van der Waals surface area contributed by atoms with Crippen molar-refractivity contribution in [3.63, 3.8) is 0 Å². The first-order valence-electron chi connectivity index (χ1n) is 7.61. The molecule has 0 bridgehead atoms. The van der Waals surface area contributed by atoms with E-state index >= 15 is 0 Å². The lowest BCUT2D eigenvalue weighted by molar-refractivity contribution is -0.140. The molecule has 2 N–H and O–H groups in total. The van der Waals surface area contributed by atoms with E-state index in [-0.39, 0.29) is 24.8 Å². The van der Waals surface area contributed by atoms with Crippen molar-refractivity contribution in [3.8, 4) is 0 Å². The zero-order chi connectivity index (χ0) is 17.1. The Hall–Kier alpha value is -2.90. The number of benzene rings is 1. The second-order valence-electron chi connectivity index (χ2n) is 5.63. The smallest absolute Gasteiger partial charge is 0.245 e. The maximum Gasteiger partial charge on any atom is 0.245 e. The van der Waals surface area contributed by atoms with Gasteiger partial charge < -0.3 is 15.5 Å². The molecule has 1 aromatic heterocycles. The molecule has 2 aromatic rings. The molecule has 1 aliphatic rings. The Labute approximate surface area is 138 Å². The highest BCUT2D eigenvalue weighted by Crippen LogP contribution is 2.20. The number of carbonyl (C=O) groups is 2. The molecule has 1 unspecified atom stereocenters. The third-order valence-corrected chi connectivity index (χ3v) is 4.08. The second kappa shape index (κ2) is 6.69. The van der Waals surface area contributed by atoms with Crippen molar-refractivity contribution < 1.29 is 14.0 Å². The van der Waals surface area contributed by atoms with Crippen molar-refractivity contribution >= 4 is 17.5 Å².